The van der Waals surface area contributed by atoms with Crippen LogP contribution in [0.25, 0.3) is 89.7 Å². The topological polar surface area (TPSA) is 118 Å². The number of halogens is 1. The van der Waals surface area contributed by atoms with Crippen LogP contribution in [0.2, 0.25) is 0 Å². The number of nitrogens with zero attached hydrogens (tertiary/aromatic N) is 6. The maximum absolute atomic E-state index is 5.02. The van der Waals surface area contributed by atoms with E-state index < -0.39 is 0 Å². The standard InChI is InChI=1S/C32H18N8.ClO.Ga.2H/c1-2-10-18-17(9-1)25-33-26(18)38-28-21-13-5-6-14-22(21)30(35-28)40-32-24-16-8-7-15-23(24)31(36-32)39-29-20-12-4-3-11-19(20)27(34-29)37-25;1-2;;;/h1-16H,(H2,33,34,35,36,37,38,39,40);;;;/q;-1;+1;;. The summed E-state index contributed by atoms with van der Waals surface area (Å²) in [6, 6.07) is 32.2. The first kappa shape index (κ1) is 25.8. The Morgan fingerprint density at radius 2 is 0.651 bits per heavy atom. The van der Waals surface area contributed by atoms with Crippen LogP contribution in [-0.4, -0.2) is 58.8 Å². The number of aromatic nitrogens is 8. The van der Waals surface area contributed by atoms with E-state index >= 15 is 0 Å². The molecule has 0 saturated heterocycles. The molecule has 0 radical (unpaired) electrons. The molecule has 204 valence electrons. The van der Waals surface area contributed by atoms with Crippen molar-refractivity contribution in [3.8, 4) is 45.6 Å². The largest absolute Gasteiger partial charge is 0.324 e. The third-order valence-electron chi connectivity index (χ3n) is 7.46. The Hall–Kier alpha value is -4.87. The average molecular weight is 638 g/mol. The molecule has 0 spiro atoms. The molecule has 11 heteroatoms. The van der Waals surface area contributed by atoms with E-state index in [1.54, 1.807) is 0 Å². The first-order chi connectivity index (χ1) is 21.2. The van der Waals surface area contributed by atoms with Crippen molar-refractivity contribution in [1.82, 2.24) is 39.9 Å². The number of hydrogen-bond acceptors (Lipinski definition) is 7. The summed E-state index contributed by atoms with van der Waals surface area (Å²) in [5.41, 5.74) is 6.45. The minimum atomic E-state index is 0.370. The van der Waals surface area contributed by atoms with Gasteiger partial charge in [0.25, 0.3) is 0 Å². The van der Waals surface area contributed by atoms with Crippen molar-refractivity contribution in [2.24, 2.45) is 0 Å². The molecular formula is C32H20ClGaN8O. The van der Waals surface area contributed by atoms with Crippen molar-refractivity contribution in [3.05, 3.63) is 97.1 Å². The van der Waals surface area contributed by atoms with Gasteiger partial charge in [-0.15, -0.1) is 0 Å². The Morgan fingerprint density at radius 3 is 0.907 bits per heavy atom. The van der Waals surface area contributed by atoms with E-state index in [4.69, 9.17) is 29.9 Å². The summed E-state index contributed by atoms with van der Waals surface area (Å²) in [7, 11) is 0. The van der Waals surface area contributed by atoms with E-state index in [0.717, 1.165) is 43.8 Å². The molecule has 3 aromatic heterocycles. The molecule has 5 heterocycles. The van der Waals surface area contributed by atoms with Crippen LogP contribution in [0.5, 0.6) is 0 Å². The summed E-state index contributed by atoms with van der Waals surface area (Å²) in [5.74, 6) is 2.39. The zero-order valence-electron chi connectivity index (χ0n) is 22.7. The fourth-order valence-corrected chi connectivity index (χ4v) is 5.59. The molecule has 9 rings (SSSR count). The Balaban J connectivity index is 0.000000892. The Labute approximate surface area is 259 Å². The van der Waals surface area contributed by atoms with Crippen molar-refractivity contribution in [2.75, 3.05) is 0 Å². The van der Waals surface area contributed by atoms with E-state index in [9.17, 15) is 0 Å². The number of fused-ring (bicyclic) bond motifs is 20. The molecule has 9 nitrogen and oxygen atoms in total. The quantitative estimate of drug-likeness (QED) is 0.181. The normalized spacial score (nSPS) is 11.6. The Morgan fingerprint density at radius 1 is 0.419 bits per heavy atom. The van der Waals surface area contributed by atoms with Gasteiger partial charge in [0.1, 0.15) is 22.6 Å². The number of benzene rings is 4. The second-order valence-corrected chi connectivity index (χ2v) is 12.2. The zero-order valence-corrected chi connectivity index (χ0v) is 27.7. The van der Waals surface area contributed by atoms with Crippen molar-refractivity contribution < 1.29 is 3.08 Å². The minimum Gasteiger partial charge on any atom is -0.324 e. The van der Waals surface area contributed by atoms with Gasteiger partial charge in [-0.25, -0.2) is 29.9 Å². The molecule has 7 aromatic rings. The monoisotopic (exact) mass is 636 g/mol. The molecule has 0 unspecified atom stereocenters. The number of rotatable bonds is 0. The smallest absolute Gasteiger partial charge is 0.164 e. The van der Waals surface area contributed by atoms with Gasteiger partial charge in [-0.05, 0) is 0 Å². The second kappa shape index (κ2) is 10.4. The van der Waals surface area contributed by atoms with Crippen molar-refractivity contribution in [2.45, 2.75) is 0 Å². The van der Waals surface area contributed by atoms with Gasteiger partial charge in [0.2, 0.25) is 0 Å². The number of H-pyrrole nitrogens is 2. The van der Waals surface area contributed by atoms with Crippen LogP contribution in [-0.2, 0) is 3.08 Å². The third kappa shape index (κ3) is 4.31. The molecule has 4 aromatic carbocycles. The van der Waals surface area contributed by atoms with Crippen molar-refractivity contribution >= 4 is 75.0 Å². The van der Waals surface area contributed by atoms with Crippen LogP contribution in [0.1, 0.15) is 0 Å². The van der Waals surface area contributed by atoms with Crippen LogP contribution in [0.4, 0.5) is 0 Å². The van der Waals surface area contributed by atoms with Gasteiger partial charge in [0.15, 0.2) is 23.3 Å². The molecule has 0 atom stereocenters. The number of nitrogens with one attached hydrogen (secondary N) is 2. The predicted molar refractivity (Wildman–Crippen MR) is 172 cm³/mol. The van der Waals surface area contributed by atoms with Gasteiger partial charge in [0, 0.05) is 43.8 Å². The molecule has 2 aliphatic heterocycles. The fourth-order valence-electron chi connectivity index (χ4n) is 5.59. The maximum atomic E-state index is 5.02. The van der Waals surface area contributed by atoms with E-state index in [-0.39, 0.29) is 0 Å². The average Bonchev–Trinajstić information content (AvgIpc) is 3.77. The van der Waals surface area contributed by atoms with Gasteiger partial charge in [-0.2, -0.15) is 0 Å². The van der Waals surface area contributed by atoms with Gasteiger partial charge >= 0.3 is 33.9 Å². The summed E-state index contributed by atoms with van der Waals surface area (Å²) in [5, 5.41) is 3.82. The number of hydrogen-bond donors (Lipinski definition) is 2. The van der Waals surface area contributed by atoms with E-state index in [2.05, 4.69) is 24.9 Å². The summed E-state index contributed by atoms with van der Waals surface area (Å²) in [4.78, 5) is 36.8. The molecule has 2 aliphatic rings. The van der Waals surface area contributed by atoms with Gasteiger partial charge in [-0.3, -0.25) is 0 Å². The molecule has 0 saturated carbocycles. The minimum absolute atomic E-state index is 0.370. The molecule has 0 fully saturated rings. The molecule has 8 bridgehead atoms. The van der Waals surface area contributed by atoms with Crippen LogP contribution in [0, 0.1) is 0 Å². The van der Waals surface area contributed by atoms with Crippen molar-refractivity contribution in [1.29, 1.82) is 0 Å². The molecule has 43 heavy (non-hydrogen) atoms. The first-order valence-corrected chi connectivity index (χ1v) is 15.6. The summed E-state index contributed by atoms with van der Waals surface area (Å²) < 4.78 is 3.91. The Bertz CT molecular complexity index is 2070. The fraction of sp³-hybridized carbons (Fsp3) is 0. The van der Waals surface area contributed by atoms with E-state index in [0.29, 0.717) is 64.9 Å². The second-order valence-electron chi connectivity index (χ2n) is 9.95. The van der Waals surface area contributed by atoms with Crippen LogP contribution >= 0.6 is 11.9 Å². The zero-order chi connectivity index (χ0) is 28.9. The molecule has 0 aliphatic carbocycles. The number of aromatic amines is 2. The van der Waals surface area contributed by atoms with E-state index in [1.165, 1.54) is 0 Å². The SMILES string of the molecule is Cl[O][GaH2].c1ccc2c(c1)-c1nc-2nc2[nH]c(nc3nc(nc4[nH]c(n1)c1ccccc41)-c1ccccc1-3)c1ccccc21. The van der Waals surface area contributed by atoms with Gasteiger partial charge in [0.05, 0.1) is 0 Å². The van der Waals surface area contributed by atoms with Crippen LogP contribution < -0.4 is 0 Å². The van der Waals surface area contributed by atoms with Crippen molar-refractivity contribution in [3.63, 3.8) is 0 Å². The summed E-state index contributed by atoms with van der Waals surface area (Å²) >= 11 is 4.95. The van der Waals surface area contributed by atoms with Crippen LogP contribution in [0.15, 0.2) is 97.1 Å². The Kier molecular flexibility index (Phi) is 6.27. The maximum Gasteiger partial charge on any atom is 0.164 e. The van der Waals surface area contributed by atoms with E-state index in [1.807, 2.05) is 97.1 Å². The van der Waals surface area contributed by atoms with Crippen LogP contribution in [0.3, 0.4) is 0 Å². The van der Waals surface area contributed by atoms with Gasteiger partial charge in [-0.1, -0.05) is 97.1 Å². The molecule has 2 N–H and O–H groups in total. The third-order valence-corrected chi connectivity index (χ3v) is 7.46. The first-order valence-electron chi connectivity index (χ1n) is 13.6. The molecular weight excluding hydrogens is 618 g/mol. The van der Waals surface area contributed by atoms with Gasteiger partial charge < -0.3 is 9.97 Å². The summed E-state index contributed by atoms with van der Waals surface area (Å²) in [6.07, 6.45) is 0. The molecule has 0 amide bonds. The predicted octanol–water partition coefficient (Wildman–Crippen LogP) is 6.57. The summed E-state index contributed by atoms with van der Waals surface area (Å²) in [6.45, 7) is 0.